The Hall–Kier alpha value is -0.570. The number of carboxylic acid groups (broad SMARTS) is 1. The lowest BCUT2D eigenvalue weighted by Crippen LogP contribution is -2.68. The first kappa shape index (κ1) is 2.82. The van der Waals surface area contributed by atoms with E-state index in [1.807, 2.05) is 0 Å². The second kappa shape index (κ2) is 3.43. The average molecular weight is 121 g/mol. The molecular formula is C5H11NO2. The third kappa shape index (κ3) is 2.58. The van der Waals surface area contributed by atoms with E-state index in [0.717, 1.165) is 0 Å². The number of hydrogen-bond donors (Lipinski definition) is 1. The largest absolute Gasteiger partial charge is 0.544 e. The summed E-state index contributed by atoms with van der Waals surface area (Å²) >= 11 is 0. The standard InChI is InChI=1S/C5H11NO2/c1-2-3-4(6)5(7)8/h4H,2-3,6H2,1H3,(H,7,8)/i1D2,2D2. The molecule has 3 N–H and O–H groups in total. The summed E-state index contributed by atoms with van der Waals surface area (Å²) < 4.78 is 27.7. The third-order valence-corrected chi connectivity index (χ3v) is 0.698. The zero-order chi connectivity index (χ0) is 9.94. The molecule has 0 fully saturated rings. The molecule has 0 aromatic carbocycles. The van der Waals surface area contributed by atoms with Gasteiger partial charge in [0.05, 0.1) is 5.97 Å². The van der Waals surface area contributed by atoms with Gasteiger partial charge in [0.25, 0.3) is 0 Å². The molecule has 0 amide bonds. The predicted molar refractivity (Wildman–Crippen MR) is 26.6 cm³/mol. The highest BCUT2D eigenvalue weighted by Gasteiger charge is 2.02. The Balaban J connectivity index is 4.15. The van der Waals surface area contributed by atoms with Crippen molar-refractivity contribution in [3.8, 4) is 0 Å². The quantitative estimate of drug-likeness (QED) is 0.476. The first-order valence-corrected chi connectivity index (χ1v) is 2.16. The molecule has 0 aromatic heterocycles. The Labute approximate surface area is 54.1 Å². The van der Waals surface area contributed by atoms with E-state index in [-0.39, 0.29) is 0 Å². The van der Waals surface area contributed by atoms with E-state index >= 15 is 0 Å². The number of hydrogen-bond acceptors (Lipinski definition) is 2. The number of carboxylic acids is 1. The lowest BCUT2D eigenvalue weighted by molar-refractivity contribution is -0.438. The van der Waals surface area contributed by atoms with Crippen molar-refractivity contribution in [3.63, 3.8) is 0 Å². The van der Waals surface area contributed by atoms with Crippen molar-refractivity contribution in [3.05, 3.63) is 0 Å². The minimum absolute atomic E-state index is 0.465. The molecule has 3 heteroatoms. The van der Waals surface area contributed by atoms with Gasteiger partial charge in [0.1, 0.15) is 6.04 Å². The van der Waals surface area contributed by atoms with Gasteiger partial charge in [0, 0.05) is 11.9 Å². The molecule has 0 rings (SSSR count). The summed E-state index contributed by atoms with van der Waals surface area (Å²) in [5.41, 5.74) is 3.14. The molecule has 0 aromatic rings. The van der Waals surface area contributed by atoms with Crippen LogP contribution in [-0.2, 0) is 4.79 Å². The number of carbonyl (C=O) groups excluding carboxylic acids is 1. The minimum atomic E-state index is -2.15. The maximum absolute atomic E-state index is 10.1. The number of rotatable bonds is 3. The van der Waals surface area contributed by atoms with E-state index in [1.165, 1.54) is 0 Å². The smallest absolute Gasteiger partial charge is 0.124 e. The molecule has 0 aliphatic rings. The van der Waals surface area contributed by atoms with Crippen LogP contribution in [0.2, 0.25) is 0 Å². The first-order chi connectivity index (χ1) is 5.27. The van der Waals surface area contributed by atoms with Gasteiger partial charge >= 0.3 is 0 Å². The van der Waals surface area contributed by atoms with Crippen LogP contribution in [-0.4, -0.2) is 12.0 Å². The molecule has 0 saturated heterocycles. The van der Waals surface area contributed by atoms with Gasteiger partial charge in [-0.2, -0.15) is 0 Å². The minimum Gasteiger partial charge on any atom is -0.544 e. The average Bonchev–Trinajstić information content (AvgIpc) is 1.85. The molecule has 0 saturated carbocycles. The van der Waals surface area contributed by atoms with E-state index < -0.39 is 31.7 Å². The third-order valence-electron chi connectivity index (χ3n) is 0.698. The molecule has 8 heavy (non-hydrogen) atoms. The Morgan fingerprint density at radius 2 is 2.88 bits per heavy atom. The van der Waals surface area contributed by atoms with Gasteiger partial charge in [-0.15, -0.1) is 0 Å². The SMILES string of the molecule is [2H]C([2H])C([2H])([2H])CC([NH3+])C(=O)[O-]. The van der Waals surface area contributed by atoms with Crippen LogP contribution in [0.4, 0.5) is 0 Å². The fourth-order valence-corrected chi connectivity index (χ4v) is 0.226. The van der Waals surface area contributed by atoms with Gasteiger partial charge in [-0.25, -0.2) is 0 Å². The summed E-state index contributed by atoms with van der Waals surface area (Å²) in [6, 6.07) is -1.21. The van der Waals surface area contributed by atoms with Gasteiger partial charge < -0.3 is 15.6 Å². The maximum Gasteiger partial charge on any atom is 0.124 e. The van der Waals surface area contributed by atoms with E-state index in [9.17, 15) is 9.90 Å². The van der Waals surface area contributed by atoms with Crippen LogP contribution in [0.25, 0.3) is 0 Å². The van der Waals surface area contributed by atoms with Crippen LogP contribution < -0.4 is 10.8 Å². The highest BCUT2D eigenvalue weighted by Crippen LogP contribution is 1.87. The van der Waals surface area contributed by atoms with E-state index in [4.69, 9.17) is 5.48 Å². The van der Waals surface area contributed by atoms with Crippen LogP contribution in [0.1, 0.15) is 25.2 Å². The zero-order valence-corrected chi connectivity index (χ0v) is 4.39. The molecular weight excluding hydrogens is 106 g/mol. The van der Waals surface area contributed by atoms with Crippen molar-refractivity contribution in [1.82, 2.24) is 0 Å². The van der Waals surface area contributed by atoms with E-state index in [2.05, 4.69) is 5.73 Å². The fourth-order valence-electron chi connectivity index (χ4n) is 0.226. The molecule has 1 unspecified atom stereocenters. The van der Waals surface area contributed by atoms with Crippen LogP contribution in [0.5, 0.6) is 0 Å². The Morgan fingerprint density at radius 1 is 2.25 bits per heavy atom. The highest BCUT2D eigenvalue weighted by molar-refractivity contribution is 5.68. The fraction of sp³-hybridized carbons (Fsp3) is 0.800. The molecule has 3 nitrogen and oxygen atoms in total. The van der Waals surface area contributed by atoms with Crippen molar-refractivity contribution in [2.45, 2.75) is 25.7 Å². The van der Waals surface area contributed by atoms with Crippen LogP contribution in [0.3, 0.4) is 0 Å². The summed E-state index contributed by atoms with van der Waals surface area (Å²) in [5, 5.41) is 10.1. The molecule has 1 atom stereocenters. The molecule has 0 bridgehead atoms. The lowest BCUT2D eigenvalue weighted by atomic mass is 10.2. The van der Waals surface area contributed by atoms with Crippen molar-refractivity contribution in [2.75, 3.05) is 0 Å². The monoisotopic (exact) mass is 121 g/mol. The van der Waals surface area contributed by atoms with E-state index in [0.29, 0.717) is 0 Å². The maximum atomic E-state index is 10.1. The van der Waals surface area contributed by atoms with Gasteiger partial charge in [0.15, 0.2) is 0 Å². The Kier molecular flexibility index (Phi) is 1.21. The molecule has 0 spiro atoms. The van der Waals surface area contributed by atoms with E-state index in [1.54, 1.807) is 0 Å². The topological polar surface area (TPSA) is 67.8 Å². The highest BCUT2D eigenvalue weighted by atomic mass is 16.4. The summed E-state index contributed by atoms with van der Waals surface area (Å²) in [7, 11) is 0. The molecule has 0 radical (unpaired) electrons. The summed E-state index contributed by atoms with van der Waals surface area (Å²) in [6.07, 6.45) is -2.61. The lowest BCUT2D eigenvalue weighted by Gasteiger charge is -2.05. The number of quaternary nitrogens is 1. The Morgan fingerprint density at radius 3 is 3.25 bits per heavy atom. The second-order valence-corrected chi connectivity index (χ2v) is 1.42. The number of aliphatic carboxylic acids is 1. The second-order valence-electron chi connectivity index (χ2n) is 1.42. The first-order valence-electron chi connectivity index (χ1n) is 4.31. The van der Waals surface area contributed by atoms with Gasteiger partial charge in [-0.3, -0.25) is 0 Å². The van der Waals surface area contributed by atoms with Gasteiger partial charge in [0.2, 0.25) is 0 Å². The van der Waals surface area contributed by atoms with Crippen molar-refractivity contribution < 1.29 is 21.1 Å². The summed E-state index contributed by atoms with van der Waals surface area (Å²) in [6.45, 7) is -1.71. The Bertz CT molecular complexity index is 173. The molecule has 0 aliphatic heterocycles. The van der Waals surface area contributed by atoms with Gasteiger partial charge in [-0.05, 0) is 0 Å². The normalized spacial score (nSPS) is 22.8. The van der Waals surface area contributed by atoms with Crippen molar-refractivity contribution >= 4 is 5.97 Å². The zero-order valence-electron chi connectivity index (χ0n) is 8.39. The summed E-state index contributed by atoms with van der Waals surface area (Å²) in [5.74, 6) is -1.46. The van der Waals surface area contributed by atoms with Gasteiger partial charge in [-0.1, -0.05) is 13.2 Å². The number of carbonyl (C=O) groups is 1. The molecule has 0 heterocycles. The molecule has 48 valence electrons. The van der Waals surface area contributed by atoms with Crippen LogP contribution in [0, 0.1) is 0 Å². The molecule has 0 aliphatic carbocycles. The van der Waals surface area contributed by atoms with Crippen LogP contribution in [0.15, 0.2) is 0 Å². The van der Waals surface area contributed by atoms with Crippen LogP contribution >= 0.6 is 0 Å². The summed E-state index contributed by atoms with van der Waals surface area (Å²) in [4.78, 5) is 10.1. The predicted octanol–water partition coefficient (Wildman–Crippen LogP) is -1.85. The van der Waals surface area contributed by atoms with Crippen molar-refractivity contribution in [1.29, 1.82) is 0 Å². The van der Waals surface area contributed by atoms with Crippen molar-refractivity contribution in [2.24, 2.45) is 0 Å².